The summed E-state index contributed by atoms with van der Waals surface area (Å²) in [7, 11) is 1.47. The number of nitrogens with zero attached hydrogens (tertiary/aromatic N) is 3. The Hall–Kier alpha value is -4.26. The van der Waals surface area contributed by atoms with Gasteiger partial charge < -0.3 is 19.7 Å². The summed E-state index contributed by atoms with van der Waals surface area (Å²) in [4.78, 5) is 27.7. The number of imidazole rings is 1. The molecule has 0 unspecified atom stereocenters. The van der Waals surface area contributed by atoms with Crippen molar-refractivity contribution in [2.45, 2.75) is 6.92 Å². The van der Waals surface area contributed by atoms with E-state index in [1.54, 1.807) is 13.0 Å². The summed E-state index contributed by atoms with van der Waals surface area (Å²) < 4.78 is 34.9. The molecule has 1 amide bonds. The van der Waals surface area contributed by atoms with E-state index in [1.165, 1.54) is 48.1 Å². The number of carbonyl (C=O) groups excluding carboxylic acids is 1. The third-order valence-electron chi connectivity index (χ3n) is 4.52. The average molecular weight is 426 g/mol. The van der Waals surface area contributed by atoms with Crippen molar-refractivity contribution in [1.29, 1.82) is 5.26 Å². The molecule has 1 heterocycles. The van der Waals surface area contributed by atoms with Gasteiger partial charge in [0.25, 0.3) is 5.91 Å². The second-order valence-corrected chi connectivity index (χ2v) is 6.50. The first-order valence-corrected chi connectivity index (χ1v) is 8.89. The van der Waals surface area contributed by atoms with Gasteiger partial charge in [0, 0.05) is 18.3 Å². The highest BCUT2D eigenvalue weighted by Gasteiger charge is 2.21. The Morgan fingerprint density at radius 2 is 2.00 bits per heavy atom. The number of aromatic carboxylic acids is 1. The molecule has 0 saturated heterocycles. The van der Waals surface area contributed by atoms with E-state index in [0.717, 1.165) is 0 Å². The maximum atomic E-state index is 14.5. The summed E-state index contributed by atoms with van der Waals surface area (Å²) in [6, 6.07) is 8.42. The fraction of sp³-hybridized carbons (Fsp3) is 0.143. The zero-order valence-corrected chi connectivity index (χ0v) is 16.4. The van der Waals surface area contributed by atoms with Crippen LogP contribution >= 0.6 is 0 Å². The van der Waals surface area contributed by atoms with E-state index in [4.69, 9.17) is 15.1 Å². The number of ether oxygens (including phenoxy) is 1. The van der Waals surface area contributed by atoms with Gasteiger partial charge in [-0.1, -0.05) is 0 Å². The molecule has 10 heteroatoms. The lowest BCUT2D eigenvalue weighted by molar-refractivity contribution is 0.0696. The summed E-state index contributed by atoms with van der Waals surface area (Å²) >= 11 is 0. The van der Waals surface area contributed by atoms with Crippen LogP contribution in [-0.2, 0) is 7.05 Å². The maximum absolute atomic E-state index is 14.5. The summed E-state index contributed by atoms with van der Waals surface area (Å²) in [5.74, 6) is -4.63. The van der Waals surface area contributed by atoms with Crippen LogP contribution in [0.5, 0.6) is 5.75 Å². The van der Waals surface area contributed by atoms with Crippen molar-refractivity contribution in [2.75, 3.05) is 11.9 Å². The molecule has 0 aliphatic heterocycles. The van der Waals surface area contributed by atoms with Crippen LogP contribution in [0.1, 0.15) is 26.5 Å². The molecule has 158 valence electrons. The molecular weight excluding hydrogens is 410 g/mol. The molecule has 0 radical (unpaired) electrons. The fourth-order valence-electron chi connectivity index (χ4n) is 2.99. The minimum atomic E-state index is -1.26. The van der Waals surface area contributed by atoms with Crippen LogP contribution in [0.2, 0.25) is 0 Å². The van der Waals surface area contributed by atoms with E-state index in [1.807, 2.05) is 0 Å². The lowest BCUT2D eigenvalue weighted by atomic mass is 10.1. The van der Waals surface area contributed by atoms with E-state index in [0.29, 0.717) is 11.3 Å². The molecule has 3 rings (SSSR count). The standard InChI is InChI=1S/C21H16F2N4O4/c1-11-9-12(3-4-13(11)21(29)30)26-20(28)19-25-10-15(27(19)2)14-5-6-16(31-8-7-24)18(23)17(14)22/h3-6,9-10H,8H2,1-2H3,(H,26,28)(H,29,30). The van der Waals surface area contributed by atoms with Crippen molar-refractivity contribution >= 4 is 17.6 Å². The van der Waals surface area contributed by atoms with E-state index in [2.05, 4.69) is 10.3 Å². The number of carboxylic acid groups (broad SMARTS) is 1. The van der Waals surface area contributed by atoms with Crippen molar-refractivity contribution in [1.82, 2.24) is 9.55 Å². The first-order chi connectivity index (χ1) is 14.7. The van der Waals surface area contributed by atoms with Crippen molar-refractivity contribution in [3.05, 3.63) is 65.1 Å². The largest absolute Gasteiger partial charge is 0.478 e. The molecule has 0 fully saturated rings. The molecule has 31 heavy (non-hydrogen) atoms. The molecule has 0 saturated carbocycles. The number of carboxylic acids is 1. The van der Waals surface area contributed by atoms with Crippen LogP contribution in [0.25, 0.3) is 11.3 Å². The number of nitriles is 1. The van der Waals surface area contributed by atoms with Crippen LogP contribution in [0, 0.1) is 29.9 Å². The van der Waals surface area contributed by atoms with Gasteiger partial charge in [0.15, 0.2) is 24.0 Å². The minimum Gasteiger partial charge on any atom is -0.478 e. The number of amides is 1. The molecular formula is C21H16F2N4O4. The molecule has 0 aliphatic carbocycles. The van der Waals surface area contributed by atoms with Crippen molar-refractivity contribution in [2.24, 2.45) is 7.05 Å². The quantitative estimate of drug-likeness (QED) is 0.623. The topological polar surface area (TPSA) is 117 Å². The Morgan fingerprint density at radius 1 is 1.26 bits per heavy atom. The van der Waals surface area contributed by atoms with Gasteiger partial charge in [0.1, 0.15) is 6.07 Å². The lowest BCUT2D eigenvalue weighted by Gasteiger charge is -2.11. The minimum absolute atomic E-state index is 0.0698. The Labute approximate surface area is 175 Å². The highest BCUT2D eigenvalue weighted by Crippen LogP contribution is 2.30. The zero-order chi connectivity index (χ0) is 22.7. The van der Waals surface area contributed by atoms with E-state index in [9.17, 15) is 18.4 Å². The predicted octanol–water partition coefficient (Wildman–Crippen LogP) is 3.53. The summed E-state index contributed by atoms with van der Waals surface area (Å²) in [6.07, 6.45) is 1.22. The Morgan fingerprint density at radius 3 is 2.65 bits per heavy atom. The Kier molecular flexibility index (Phi) is 5.97. The fourth-order valence-corrected chi connectivity index (χ4v) is 2.99. The maximum Gasteiger partial charge on any atom is 0.335 e. The van der Waals surface area contributed by atoms with Crippen molar-refractivity contribution < 1.29 is 28.2 Å². The Balaban J connectivity index is 1.87. The van der Waals surface area contributed by atoms with E-state index in [-0.39, 0.29) is 22.6 Å². The van der Waals surface area contributed by atoms with Crippen LogP contribution in [-0.4, -0.2) is 33.1 Å². The number of aromatic nitrogens is 2. The number of hydrogen-bond donors (Lipinski definition) is 2. The zero-order valence-electron chi connectivity index (χ0n) is 16.4. The highest BCUT2D eigenvalue weighted by atomic mass is 19.2. The average Bonchev–Trinajstić information content (AvgIpc) is 3.10. The number of nitrogens with one attached hydrogen (secondary N) is 1. The SMILES string of the molecule is Cc1cc(NC(=O)c2ncc(-c3ccc(OCC#N)c(F)c3F)n2C)ccc1C(=O)O. The van der Waals surface area contributed by atoms with Crippen LogP contribution < -0.4 is 10.1 Å². The molecule has 3 aromatic rings. The molecule has 2 aromatic carbocycles. The number of benzene rings is 2. The van der Waals surface area contributed by atoms with Gasteiger partial charge in [-0.25, -0.2) is 14.2 Å². The van der Waals surface area contributed by atoms with Gasteiger partial charge in [0.2, 0.25) is 5.82 Å². The second-order valence-electron chi connectivity index (χ2n) is 6.50. The number of aryl methyl sites for hydroxylation is 1. The summed E-state index contributed by atoms with van der Waals surface area (Å²) in [5.41, 5.74) is 0.927. The van der Waals surface area contributed by atoms with Crippen molar-refractivity contribution in [3.8, 4) is 23.1 Å². The van der Waals surface area contributed by atoms with E-state index < -0.39 is 35.9 Å². The smallest absolute Gasteiger partial charge is 0.335 e. The van der Waals surface area contributed by atoms with Crippen LogP contribution in [0.15, 0.2) is 36.5 Å². The number of anilines is 1. The first kappa shape index (κ1) is 21.4. The normalized spacial score (nSPS) is 10.4. The number of carbonyl (C=O) groups is 2. The monoisotopic (exact) mass is 426 g/mol. The molecule has 0 bridgehead atoms. The first-order valence-electron chi connectivity index (χ1n) is 8.89. The van der Waals surface area contributed by atoms with Gasteiger partial charge in [0.05, 0.1) is 17.5 Å². The van der Waals surface area contributed by atoms with Gasteiger partial charge in [-0.05, 0) is 42.8 Å². The van der Waals surface area contributed by atoms with Crippen LogP contribution in [0.3, 0.4) is 0 Å². The molecule has 8 nitrogen and oxygen atoms in total. The second kappa shape index (κ2) is 8.62. The summed E-state index contributed by atoms with van der Waals surface area (Å²) in [6.45, 7) is 1.16. The van der Waals surface area contributed by atoms with Gasteiger partial charge in [-0.2, -0.15) is 9.65 Å². The summed E-state index contributed by atoms with van der Waals surface area (Å²) in [5, 5.41) is 20.2. The molecule has 0 atom stereocenters. The number of hydrogen-bond acceptors (Lipinski definition) is 5. The number of rotatable bonds is 6. The van der Waals surface area contributed by atoms with Gasteiger partial charge in [-0.15, -0.1) is 0 Å². The third kappa shape index (κ3) is 4.20. The number of halogens is 2. The molecule has 1 aromatic heterocycles. The predicted molar refractivity (Wildman–Crippen MR) is 106 cm³/mol. The highest BCUT2D eigenvalue weighted by molar-refractivity contribution is 6.02. The molecule has 0 aliphatic rings. The van der Waals surface area contributed by atoms with Crippen molar-refractivity contribution in [3.63, 3.8) is 0 Å². The Bertz CT molecular complexity index is 1230. The van der Waals surface area contributed by atoms with Gasteiger partial charge in [-0.3, -0.25) is 4.79 Å². The van der Waals surface area contributed by atoms with Gasteiger partial charge >= 0.3 is 5.97 Å². The van der Waals surface area contributed by atoms with E-state index >= 15 is 0 Å². The lowest BCUT2D eigenvalue weighted by Crippen LogP contribution is -2.17. The molecule has 2 N–H and O–H groups in total. The third-order valence-corrected chi connectivity index (χ3v) is 4.52. The van der Waals surface area contributed by atoms with Crippen LogP contribution in [0.4, 0.5) is 14.5 Å². The molecule has 0 spiro atoms.